The highest BCUT2D eigenvalue weighted by atomic mass is 16.1. The highest BCUT2D eigenvalue weighted by Gasteiger charge is 2.02. The van der Waals surface area contributed by atoms with Crippen LogP contribution in [-0.4, -0.2) is 16.1 Å². The lowest BCUT2D eigenvalue weighted by Crippen LogP contribution is -2.24. The molecule has 0 atom stereocenters. The van der Waals surface area contributed by atoms with Gasteiger partial charge in [-0.3, -0.25) is 4.79 Å². The van der Waals surface area contributed by atoms with Crippen molar-refractivity contribution in [2.24, 2.45) is 0 Å². The Kier molecular flexibility index (Phi) is 4.60. The van der Waals surface area contributed by atoms with Crippen molar-refractivity contribution in [3.8, 4) is 0 Å². The first kappa shape index (κ1) is 11.5. The van der Waals surface area contributed by atoms with Crippen LogP contribution in [-0.2, 0) is 6.54 Å². The molecule has 0 saturated heterocycles. The second-order valence-electron chi connectivity index (χ2n) is 3.28. The van der Waals surface area contributed by atoms with E-state index in [1.165, 1.54) is 0 Å². The maximum absolute atomic E-state index is 11.8. The maximum atomic E-state index is 11.8. The van der Waals surface area contributed by atoms with Gasteiger partial charge in [-0.15, -0.1) is 6.58 Å². The zero-order chi connectivity index (χ0) is 11.1. The Morgan fingerprint density at radius 2 is 2.47 bits per heavy atom. The molecule has 1 rings (SSSR count). The van der Waals surface area contributed by atoms with Crippen molar-refractivity contribution in [2.45, 2.75) is 26.3 Å². The van der Waals surface area contributed by atoms with E-state index in [1.54, 1.807) is 23.0 Å². The molecular formula is C11H17N3O. The number of aromatic nitrogens is 2. The Morgan fingerprint density at radius 1 is 1.67 bits per heavy atom. The van der Waals surface area contributed by atoms with Crippen molar-refractivity contribution >= 4 is 5.82 Å². The van der Waals surface area contributed by atoms with Gasteiger partial charge >= 0.3 is 0 Å². The second-order valence-corrected chi connectivity index (χ2v) is 3.28. The largest absolute Gasteiger partial charge is 0.365 e. The Morgan fingerprint density at radius 3 is 3.13 bits per heavy atom. The molecule has 0 aliphatic rings. The topological polar surface area (TPSA) is 46.9 Å². The summed E-state index contributed by atoms with van der Waals surface area (Å²) in [5.41, 5.74) is -0.0524. The molecule has 0 unspecified atom stereocenters. The number of nitrogens with one attached hydrogen (secondary N) is 1. The minimum Gasteiger partial charge on any atom is -0.365 e. The zero-order valence-electron chi connectivity index (χ0n) is 9.07. The van der Waals surface area contributed by atoms with Gasteiger partial charge < -0.3 is 9.88 Å². The summed E-state index contributed by atoms with van der Waals surface area (Å²) in [4.78, 5) is 15.8. The number of aryl methyl sites for hydroxylation is 1. The van der Waals surface area contributed by atoms with Gasteiger partial charge in [-0.2, -0.15) is 0 Å². The average molecular weight is 207 g/mol. The number of hydrogen-bond donors (Lipinski definition) is 1. The second kappa shape index (κ2) is 6.01. The SMILES string of the molecule is C=CCCNc1nccn(CCC)c1=O. The molecule has 0 aliphatic carbocycles. The Labute approximate surface area is 89.7 Å². The average Bonchev–Trinajstić information content (AvgIpc) is 2.24. The lowest BCUT2D eigenvalue weighted by molar-refractivity contribution is 0.649. The third kappa shape index (κ3) is 3.23. The fourth-order valence-corrected chi connectivity index (χ4v) is 1.28. The smallest absolute Gasteiger partial charge is 0.293 e. The molecule has 0 amide bonds. The number of anilines is 1. The van der Waals surface area contributed by atoms with Crippen LogP contribution in [0.15, 0.2) is 29.8 Å². The summed E-state index contributed by atoms with van der Waals surface area (Å²) in [6.07, 6.45) is 6.93. The monoisotopic (exact) mass is 207 g/mol. The van der Waals surface area contributed by atoms with Gasteiger partial charge in [0.2, 0.25) is 0 Å². The lowest BCUT2D eigenvalue weighted by atomic mass is 10.4. The number of hydrogen-bond acceptors (Lipinski definition) is 3. The fraction of sp³-hybridized carbons (Fsp3) is 0.455. The predicted octanol–water partition coefficient (Wildman–Crippen LogP) is 1.64. The van der Waals surface area contributed by atoms with Crippen LogP contribution in [0.5, 0.6) is 0 Å². The van der Waals surface area contributed by atoms with E-state index in [0.29, 0.717) is 12.4 Å². The molecule has 15 heavy (non-hydrogen) atoms. The molecule has 0 aromatic carbocycles. The molecule has 1 N–H and O–H groups in total. The van der Waals surface area contributed by atoms with Crippen LogP contribution in [0.2, 0.25) is 0 Å². The summed E-state index contributed by atoms with van der Waals surface area (Å²) in [6.45, 7) is 7.09. The quantitative estimate of drug-likeness (QED) is 0.570. The van der Waals surface area contributed by atoms with Crippen molar-refractivity contribution in [1.29, 1.82) is 0 Å². The van der Waals surface area contributed by atoms with E-state index in [4.69, 9.17) is 0 Å². The van der Waals surface area contributed by atoms with E-state index in [1.807, 2.05) is 6.92 Å². The van der Waals surface area contributed by atoms with Gasteiger partial charge in [-0.25, -0.2) is 4.98 Å². The van der Waals surface area contributed by atoms with Gasteiger partial charge in [0, 0.05) is 25.5 Å². The zero-order valence-corrected chi connectivity index (χ0v) is 9.07. The highest BCUT2D eigenvalue weighted by Crippen LogP contribution is 1.94. The summed E-state index contributed by atoms with van der Waals surface area (Å²) in [5.74, 6) is 0.424. The Bertz CT molecular complexity index is 370. The van der Waals surface area contributed by atoms with Crippen LogP contribution in [0.4, 0.5) is 5.82 Å². The minimum absolute atomic E-state index is 0.0524. The van der Waals surface area contributed by atoms with E-state index < -0.39 is 0 Å². The van der Waals surface area contributed by atoms with E-state index in [0.717, 1.165) is 19.4 Å². The predicted molar refractivity (Wildman–Crippen MR) is 62.1 cm³/mol. The summed E-state index contributed by atoms with van der Waals surface area (Å²) in [6, 6.07) is 0. The Hall–Kier alpha value is -1.58. The molecule has 82 valence electrons. The van der Waals surface area contributed by atoms with E-state index in [-0.39, 0.29) is 5.56 Å². The van der Waals surface area contributed by atoms with Gasteiger partial charge in [-0.05, 0) is 12.8 Å². The lowest BCUT2D eigenvalue weighted by Gasteiger charge is -2.06. The first-order valence-electron chi connectivity index (χ1n) is 5.19. The van der Waals surface area contributed by atoms with Crippen LogP contribution in [0.3, 0.4) is 0 Å². The molecular weight excluding hydrogens is 190 g/mol. The first-order valence-corrected chi connectivity index (χ1v) is 5.19. The molecule has 0 spiro atoms. The van der Waals surface area contributed by atoms with Gasteiger partial charge in [-0.1, -0.05) is 13.0 Å². The summed E-state index contributed by atoms with van der Waals surface area (Å²) < 4.78 is 1.67. The van der Waals surface area contributed by atoms with Crippen molar-refractivity contribution in [3.05, 3.63) is 35.4 Å². The molecule has 0 saturated carbocycles. The number of rotatable bonds is 6. The molecule has 0 aliphatic heterocycles. The fourth-order valence-electron chi connectivity index (χ4n) is 1.28. The van der Waals surface area contributed by atoms with Crippen LogP contribution >= 0.6 is 0 Å². The third-order valence-corrected chi connectivity index (χ3v) is 2.02. The molecule has 0 fully saturated rings. The van der Waals surface area contributed by atoms with Crippen LogP contribution in [0, 0.1) is 0 Å². The summed E-state index contributed by atoms with van der Waals surface area (Å²) in [7, 11) is 0. The third-order valence-electron chi connectivity index (χ3n) is 2.02. The summed E-state index contributed by atoms with van der Waals surface area (Å²) in [5, 5.41) is 3.00. The standard InChI is InChI=1S/C11H17N3O/c1-3-5-6-12-10-11(15)14(8-4-2)9-7-13-10/h3,7,9H,1,4-6,8H2,2H3,(H,12,13). The maximum Gasteiger partial charge on any atom is 0.293 e. The number of nitrogens with zero attached hydrogens (tertiary/aromatic N) is 2. The molecule has 0 bridgehead atoms. The molecule has 1 heterocycles. The van der Waals surface area contributed by atoms with Crippen LogP contribution < -0.4 is 10.9 Å². The van der Waals surface area contributed by atoms with Crippen molar-refractivity contribution in [1.82, 2.24) is 9.55 Å². The highest BCUT2D eigenvalue weighted by molar-refractivity contribution is 5.30. The molecule has 1 aromatic rings. The molecule has 1 aromatic heterocycles. The van der Waals surface area contributed by atoms with Crippen molar-refractivity contribution in [2.75, 3.05) is 11.9 Å². The van der Waals surface area contributed by atoms with Gasteiger partial charge in [0.15, 0.2) is 5.82 Å². The van der Waals surface area contributed by atoms with Crippen molar-refractivity contribution in [3.63, 3.8) is 0 Å². The van der Waals surface area contributed by atoms with Gasteiger partial charge in [0.25, 0.3) is 5.56 Å². The normalized spacial score (nSPS) is 9.93. The van der Waals surface area contributed by atoms with E-state index >= 15 is 0 Å². The van der Waals surface area contributed by atoms with Crippen LogP contribution in [0.1, 0.15) is 19.8 Å². The molecule has 4 nitrogen and oxygen atoms in total. The van der Waals surface area contributed by atoms with Gasteiger partial charge in [0.1, 0.15) is 0 Å². The van der Waals surface area contributed by atoms with Gasteiger partial charge in [0.05, 0.1) is 0 Å². The molecule has 4 heteroatoms. The van der Waals surface area contributed by atoms with E-state index in [2.05, 4.69) is 16.9 Å². The molecule has 0 radical (unpaired) electrons. The Balaban J connectivity index is 2.75. The summed E-state index contributed by atoms with van der Waals surface area (Å²) >= 11 is 0. The first-order chi connectivity index (χ1) is 7.29. The van der Waals surface area contributed by atoms with Crippen LogP contribution in [0.25, 0.3) is 0 Å². The van der Waals surface area contributed by atoms with Crippen molar-refractivity contribution < 1.29 is 0 Å². The van der Waals surface area contributed by atoms with E-state index in [9.17, 15) is 4.79 Å². The minimum atomic E-state index is -0.0524.